The first-order chi connectivity index (χ1) is 5.17. The standard InChI is InChI=1S/C3H9NO6S2/c4-1-3(12(8,9)10)2-11(5,6)7/h3H,1-2,4H2,(H,5,6,7)(H,8,9,10). The maximum absolute atomic E-state index is 10.3. The van der Waals surface area contributed by atoms with Gasteiger partial charge in [0.2, 0.25) is 0 Å². The highest BCUT2D eigenvalue weighted by molar-refractivity contribution is 7.90. The highest BCUT2D eigenvalue weighted by atomic mass is 32.2. The van der Waals surface area contributed by atoms with Crippen molar-refractivity contribution in [3.8, 4) is 0 Å². The molecule has 1 unspecified atom stereocenters. The van der Waals surface area contributed by atoms with Crippen LogP contribution in [0.15, 0.2) is 0 Å². The fraction of sp³-hybridized carbons (Fsp3) is 1.00. The van der Waals surface area contributed by atoms with Crippen LogP contribution in [-0.4, -0.2) is 43.5 Å². The van der Waals surface area contributed by atoms with E-state index >= 15 is 0 Å². The molecule has 7 nitrogen and oxygen atoms in total. The van der Waals surface area contributed by atoms with E-state index in [0.29, 0.717) is 0 Å². The Bertz CT molecular complexity index is 328. The lowest BCUT2D eigenvalue weighted by Gasteiger charge is -2.07. The van der Waals surface area contributed by atoms with Crippen molar-refractivity contribution in [3.05, 3.63) is 0 Å². The van der Waals surface area contributed by atoms with E-state index in [4.69, 9.17) is 14.8 Å². The third-order valence-corrected chi connectivity index (χ3v) is 3.32. The molecule has 0 bridgehead atoms. The molecule has 0 radical (unpaired) electrons. The summed E-state index contributed by atoms with van der Waals surface area (Å²) in [7, 11) is -8.95. The molecule has 0 spiro atoms. The molecule has 0 saturated carbocycles. The van der Waals surface area contributed by atoms with Gasteiger partial charge >= 0.3 is 0 Å². The van der Waals surface area contributed by atoms with Gasteiger partial charge < -0.3 is 5.73 Å². The molecule has 0 aromatic carbocycles. The van der Waals surface area contributed by atoms with Gasteiger partial charge in [0.1, 0.15) is 5.25 Å². The molecule has 12 heavy (non-hydrogen) atoms. The van der Waals surface area contributed by atoms with E-state index < -0.39 is 37.8 Å². The first-order valence-corrected chi connectivity index (χ1v) is 5.89. The fourth-order valence-electron chi connectivity index (χ4n) is 0.511. The van der Waals surface area contributed by atoms with Gasteiger partial charge in [-0.2, -0.15) is 16.8 Å². The minimum absolute atomic E-state index is 0.571. The van der Waals surface area contributed by atoms with E-state index in [9.17, 15) is 16.8 Å². The predicted molar refractivity (Wildman–Crippen MR) is 40.8 cm³/mol. The van der Waals surface area contributed by atoms with Crippen LogP contribution in [0.25, 0.3) is 0 Å². The summed E-state index contributed by atoms with van der Waals surface area (Å²) in [4.78, 5) is 0. The normalized spacial score (nSPS) is 15.9. The molecule has 9 heteroatoms. The second-order valence-electron chi connectivity index (χ2n) is 2.12. The molecule has 0 saturated heterocycles. The molecule has 0 aromatic heterocycles. The average Bonchev–Trinajstić information content (AvgIpc) is 1.78. The third-order valence-electron chi connectivity index (χ3n) is 1.08. The van der Waals surface area contributed by atoms with Crippen molar-refractivity contribution in [2.45, 2.75) is 5.25 Å². The summed E-state index contributed by atoms with van der Waals surface area (Å²) in [6.45, 7) is -0.571. The molecule has 0 aliphatic heterocycles. The predicted octanol–water partition coefficient (Wildman–Crippen LogP) is -1.91. The molecule has 74 valence electrons. The topological polar surface area (TPSA) is 135 Å². The van der Waals surface area contributed by atoms with Gasteiger partial charge in [-0.05, 0) is 0 Å². The van der Waals surface area contributed by atoms with Crippen molar-refractivity contribution in [2.24, 2.45) is 5.73 Å². The highest BCUT2D eigenvalue weighted by Crippen LogP contribution is 2.00. The lowest BCUT2D eigenvalue weighted by Crippen LogP contribution is -2.35. The molecule has 0 aliphatic rings. The van der Waals surface area contributed by atoms with E-state index in [1.54, 1.807) is 0 Å². The Morgan fingerprint density at radius 2 is 1.58 bits per heavy atom. The minimum Gasteiger partial charge on any atom is -0.329 e. The third kappa shape index (κ3) is 4.62. The molecule has 1 atom stereocenters. The maximum atomic E-state index is 10.3. The Morgan fingerprint density at radius 1 is 1.17 bits per heavy atom. The van der Waals surface area contributed by atoms with Crippen molar-refractivity contribution in [3.63, 3.8) is 0 Å². The zero-order chi connectivity index (χ0) is 9.99. The van der Waals surface area contributed by atoms with Crippen molar-refractivity contribution in [1.29, 1.82) is 0 Å². The summed E-state index contributed by atoms with van der Waals surface area (Å²) >= 11 is 0. The number of nitrogens with two attached hydrogens (primary N) is 1. The van der Waals surface area contributed by atoms with Crippen LogP contribution in [-0.2, 0) is 20.2 Å². The number of hydrogen-bond donors (Lipinski definition) is 3. The van der Waals surface area contributed by atoms with Crippen LogP contribution in [0.3, 0.4) is 0 Å². The smallest absolute Gasteiger partial charge is 0.270 e. The van der Waals surface area contributed by atoms with Gasteiger partial charge in [0.25, 0.3) is 20.2 Å². The molecule has 0 aromatic rings. The minimum atomic E-state index is -4.51. The molecule has 0 heterocycles. The van der Waals surface area contributed by atoms with Gasteiger partial charge in [0.15, 0.2) is 0 Å². The fourth-order valence-corrected chi connectivity index (χ4v) is 2.56. The first kappa shape index (κ1) is 11.8. The lowest BCUT2D eigenvalue weighted by molar-refractivity contribution is 0.458. The summed E-state index contributed by atoms with van der Waals surface area (Å²) in [5.74, 6) is -1.09. The largest absolute Gasteiger partial charge is 0.329 e. The number of hydrogen-bond acceptors (Lipinski definition) is 5. The monoisotopic (exact) mass is 219 g/mol. The Morgan fingerprint density at radius 3 is 1.67 bits per heavy atom. The first-order valence-electron chi connectivity index (χ1n) is 2.78. The molecule has 4 N–H and O–H groups in total. The Hall–Kier alpha value is -0.220. The SMILES string of the molecule is NCC(CS(=O)(=O)O)S(=O)(=O)O. The van der Waals surface area contributed by atoms with Crippen molar-refractivity contribution >= 4 is 20.2 Å². The summed E-state index contributed by atoms with van der Waals surface area (Å²) in [5.41, 5.74) is 4.85. The molecule has 0 aliphatic carbocycles. The van der Waals surface area contributed by atoms with Gasteiger partial charge in [-0.15, -0.1) is 0 Å². The summed E-state index contributed by atoms with van der Waals surface area (Å²) in [6, 6.07) is 0. The van der Waals surface area contributed by atoms with E-state index in [2.05, 4.69) is 0 Å². The zero-order valence-corrected chi connectivity index (χ0v) is 7.55. The quantitative estimate of drug-likeness (QED) is 0.469. The van der Waals surface area contributed by atoms with Crippen LogP contribution in [0, 0.1) is 0 Å². The van der Waals surface area contributed by atoms with Gasteiger partial charge in [-0.1, -0.05) is 0 Å². The van der Waals surface area contributed by atoms with Crippen LogP contribution in [0.1, 0.15) is 0 Å². The molecular weight excluding hydrogens is 210 g/mol. The number of rotatable bonds is 4. The molecule has 0 fully saturated rings. The van der Waals surface area contributed by atoms with Crippen LogP contribution in [0.4, 0.5) is 0 Å². The molecule has 0 rings (SSSR count). The van der Waals surface area contributed by atoms with Crippen LogP contribution < -0.4 is 5.73 Å². The second kappa shape index (κ2) is 3.66. The van der Waals surface area contributed by atoms with Gasteiger partial charge in [0, 0.05) is 6.54 Å². The summed E-state index contributed by atoms with van der Waals surface area (Å²) in [5, 5.41) is -1.67. The van der Waals surface area contributed by atoms with E-state index in [0.717, 1.165) is 0 Å². The Balaban J connectivity index is 4.64. The van der Waals surface area contributed by atoms with Crippen LogP contribution >= 0.6 is 0 Å². The van der Waals surface area contributed by atoms with E-state index in [1.165, 1.54) is 0 Å². The second-order valence-corrected chi connectivity index (χ2v) is 5.32. The van der Waals surface area contributed by atoms with Crippen molar-refractivity contribution in [1.82, 2.24) is 0 Å². The van der Waals surface area contributed by atoms with Gasteiger partial charge in [0.05, 0.1) is 5.75 Å². The highest BCUT2D eigenvalue weighted by Gasteiger charge is 2.26. The Labute approximate surface area is 70.1 Å². The summed E-state index contributed by atoms with van der Waals surface area (Å²) in [6.07, 6.45) is 0. The average molecular weight is 219 g/mol. The van der Waals surface area contributed by atoms with E-state index in [-0.39, 0.29) is 0 Å². The van der Waals surface area contributed by atoms with Gasteiger partial charge in [-0.25, -0.2) is 0 Å². The Kier molecular flexibility index (Phi) is 3.59. The molecule has 0 amide bonds. The van der Waals surface area contributed by atoms with Crippen molar-refractivity contribution in [2.75, 3.05) is 12.3 Å². The summed E-state index contributed by atoms with van der Waals surface area (Å²) < 4.78 is 57.6. The van der Waals surface area contributed by atoms with Gasteiger partial charge in [-0.3, -0.25) is 9.11 Å². The van der Waals surface area contributed by atoms with E-state index in [1.807, 2.05) is 0 Å². The van der Waals surface area contributed by atoms with Crippen LogP contribution in [0.5, 0.6) is 0 Å². The van der Waals surface area contributed by atoms with Crippen LogP contribution in [0.2, 0.25) is 0 Å². The van der Waals surface area contributed by atoms with Crippen molar-refractivity contribution < 1.29 is 25.9 Å². The molecular formula is C3H9NO6S2. The zero-order valence-electron chi connectivity index (χ0n) is 5.91. The lowest BCUT2D eigenvalue weighted by atomic mass is 10.5. The maximum Gasteiger partial charge on any atom is 0.270 e.